The van der Waals surface area contributed by atoms with Crippen LogP contribution < -0.4 is 10.7 Å². The predicted molar refractivity (Wildman–Crippen MR) is 78.2 cm³/mol. The second-order valence-corrected chi connectivity index (χ2v) is 4.43. The minimum atomic E-state index is -0.444. The molecular weight excluding hydrogens is 294 g/mol. The number of furan rings is 1. The summed E-state index contributed by atoms with van der Waals surface area (Å²) >= 11 is 5.72. The summed E-state index contributed by atoms with van der Waals surface area (Å²) in [5, 5.41) is 6.70. The molecule has 0 atom stereocenters. The molecule has 0 unspecified atom stereocenters. The number of hydrogen-bond acceptors (Lipinski definition) is 4. The van der Waals surface area contributed by atoms with Gasteiger partial charge in [0.05, 0.1) is 19.0 Å². The number of carbonyl (C=O) groups is 2. The van der Waals surface area contributed by atoms with Crippen LogP contribution >= 0.6 is 11.6 Å². The zero-order valence-electron chi connectivity index (χ0n) is 10.9. The standard InChI is InChI=1S/C14H12ClN3O3/c15-11-5-3-10(4-6-11)14(20)16-9-13(19)18-17-8-12-2-1-7-21-12/h1-8H,9H2,(H,16,20)(H,18,19)/b17-8-. The van der Waals surface area contributed by atoms with E-state index < -0.39 is 5.91 Å². The van der Waals surface area contributed by atoms with Gasteiger partial charge in [-0.25, -0.2) is 5.43 Å². The van der Waals surface area contributed by atoms with Crippen LogP contribution in [-0.2, 0) is 4.79 Å². The van der Waals surface area contributed by atoms with Gasteiger partial charge in [0.15, 0.2) is 0 Å². The highest BCUT2D eigenvalue weighted by molar-refractivity contribution is 6.30. The van der Waals surface area contributed by atoms with E-state index in [1.807, 2.05) is 0 Å². The Hall–Kier alpha value is -2.60. The highest BCUT2D eigenvalue weighted by Crippen LogP contribution is 2.09. The van der Waals surface area contributed by atoms with Crippen molar-refractivity contribution in [3.63, 3.8) is 0 Å². The Morgan fingerprint density at radius 1 is 1.24 bits per heavy atom. The molecule has 21 heavy (non-hydrogen) atoms. The van der Waals surface area contributed by atoms with Crippen molar-refractivity contribution in [1.29, 1.82) is 0 Å². The zero-order chi connectivity index (χ0) is 15.1. The summed E-state index contributed by atoms with van der Waals surface area (Å²) in [6, 6.07) is 9.75. The van der Waals surface area contributed by atoms with Gasteiger partial charge < -0.3 is 9.73 Å². The van der Waals surface area contributed by atoms with Gasteiger partial charge in [-0.3, -0.25) is 9.59 Å². The lowest BCUT2D eigenvalue weighted by atomic mass is 10.2. The molecule has 0 aliphatic heterocycles. The Labute approximate surface area is 125 Å². The number of nitrogens with one attached hydrogen (secondary N) is 2. The van der Waals surface area contributed by atoms with Crippen molar-refractivity contribution in [2.24, 2.45) is 5.10 Å². The molecule has 0 spiro atoms. The summed E-state index contributed by atoms with van der Waals surface area (Å²) in [5.41, 5.74) is 2.69. The molecule has 0 aliphatic rings. The maximum absolute atomic E-state index is 11.7. The van der Waals surface area contributed by atoms with E-state index in [2.05, 4.69) is 15.8 Å². The zero-order valence-corrected chi connectivity index (χ0v) is 11.6. The van der Waals surface area contributed by atoms with E-state index in [0.717, 1.165) is 0 Å². The van der Waals surface area contributed by atoms with Crippen LogP contribution in [0.2, 0.25) is 5.02 Å². The van der Waals surface area contributed by atoms with Crippen LogP contribution in [0, 0.1) is 0 Å². The normalized spacial score (nSPS) is 10.5. The van der Waals surface area contributed by atoms with Gasteiger partial charge in [-0.1, -0.05) is 11.6 Å². The summed E-state index contributed by atoms with van der Waals surface area (Å²) in [5.74, 6) is -0.294. The number of halogens is 1. The van der Waals surface area contributed by atoms with Gasteiger partial charge in [0, 0.05) is 10.6 Å². The first-order valence-corrected chi connectivity index (χ1v) is 6.42. The Kier molecular flexibility index (Phi) is 5.11. The highest BCUT2D eigenvalue weighted by atomic mass is 35.5. The van der Waals surface area contributed by atoms with E-state index in [0.29, 0.717) is 16.3 Å². The fourth-order valence-corrected chi connectivity index (χ4v) is 1.56. The molecule has 2 amide bonds. The maximum Gasteiger partial charge on any atom is 0.259 e. The monoisotopic (exact) mass is 305 g/mol. The van der Waals surface area contributed by atoms with E-state index in [1.165, 1.54) is 12.5 Å². The molecule has 0 saturated carbocycles. The molecule has 7 heteroatoms. The Morgan fingerprint density at radius 2 is 2.00 bits per heavy atom. The quantitative estimate of drug-likeness (QED) is 0.653. The van der Waals surface area contributed by atoms with Gasteiger partial charge in [0.2, 0.25) is 0 Å². The minimum Gasteiger partial charge on any atom is -0.463 e. The summed E-state index contributed by atoms with van der Waals surface area (Å²) in [6.45, 7) is -0.184. The van der Waals surface area contributed by atoms with E-state index in [1.54, 1.807) is 36.4 Å². The Balaban J connectivity index is 1.76. The van der Waals surface area contributed by atoms with Gasteiger partial charge in [-0.15, -0.1) is 0 Å². The molecule has 0 aliphatic carbocycles. The molecule has 6 nitrogen and oxygen atoms in total. The summed E-state index contributed by atoms with van der Waals surface area (Å²) in [7, 11) is 0. The molecule has 2 rings (SSSR count). The Bertz CT molecular complexity index is 636. The molecule has 1 aromatic heterocycles. The van der Waals surface area contributed by atoms with E-state index >= 15 is 0 Å². The lowest BCUT2D eigenvalue weighted by Crippen LogP contribution is -2.34. The smallest absolute Gasteiger partial charge is 0.259 e. The number of nitrogens with zero attached hydrogens (tertiary/aromatic N) is 1. The lowest BCUT2D eigenvalue weighted by molar-refractivity contribution is -0.120. The van der Waals surface area contributed by atoms with Crippen molar-refractivity contribution < 1.29 is 14.0 Å². The van der Waals surface area contributed by atoms with Crippen LogP contribution in [0.4, 0.5) is 0 Å². The van der Waals surface area contributed by atoms with Crippen molar-refractivity contribution in [3.8, 4) is 0 Å². The number of carbonyl (C=O) groups excluding carboxylic acids is 2. The van der Waals surface area contributed by atoms with Crippen LogP contribution in [0.5, 0.6) is 0 Å². The molecule has 2 N–H and O–H groups in total. The average molecular weight is 306 g/mol. The molecule has 1 heterocycles. The van der Waals surface area contributed by atoms with Crippen molar-refractivity contribution >= 4 is 29.6 Å². The van der Waals surface area contributed by atoms with E-state index in [-0.39, 0.29) is 12.5 Å². The molecule has 0 fully saturated rings. The molecule has 0 saturated heterocycles. The number of hydrazone groups is 1. The van der Waals surface area contributed by atoms with Crippen LogP contribution in [0.15, 0.2) is 52.2 Å². The van der Waals surface area contributed by atoms with Gasteiger partial charge >= 0.3 is 0 Å². The topological polar surface area (TPSA) is 83.7 Å². The fraction of sp³-hybridized carbons (Fsp3) is 0.0714. The maximum atomic E-state index is 11.7. The fourth-order valence-electron chi connectivity index (χ4n) is 1.44. The van der Waals surface area contributed by atoms with Crippen molar-refractivity contribution in [2.45, 2.75) is 0 Å². The number of amides is 2. The lowest BCUT2D eigenvalue weighted by Gasteiger charge is -2.04. The summed E-state index contributed by atoms with van der Waals surface area (Å²) < 4.78 is 5.00. The third kappa shape index (κ3) is 4.77. The van der Waals surface area contributed by atoms with Crippen LogP contribution in [-0.4, -0.2) is 24.6 Å². The largest absolute Gasteiger partial charge is 0.463 e. The van der Waals surface area contributed by atoms with E-state index in [9.17, 15) is 9.59 Å². The average Bonchev–Trinajstić information content (AvgIpc) is 2.99. The van der Waals surface area contributed by atoms with E-state index in [4.69, 9.17) is 16.0 Å². The molecule has 0 bridgehead atoms. The van der Waals surface area contributed by atoms with Crippen LogP contribution in [0.25, 0.3) is 0 Å². The summed E-state index contributed by atoms with van der Waals surface area (Å²) in [4.78, 5) is 23.2. The van der Waals surface area contributed by atoms with Gasteiger partial charge in [-0.05, 0) is 36.4 Å². The third-order valence-electron chi connectivity index (χ3n) is 2.44. The second-order valence-electron chi connectivity index (χ2n) is 4.00. The highest BCUT2D eigenvalue weighted by Gasteiger charge is 2.07. The number of benzene rings is 1. The van der Waals surface area contributed by atoms with Gasteiger partial charge in [-0.2, -0.15) is 5.10 Å². The molecular formula is C14H12ClN3O3. The molecule has 0 radical (unpaired) electrons. The molecule has 1 aromatic carbocycles. The van der Waals surface area contributed by atoms with Crippen molar-refractivity contribution in [1.82, 2.24) is 10.7 Å². The third-order valence-corrected chi connectivity index (χ3v) is 2.69. The first kappa shape index (κ1) is 14.8. The first-order valence-electron chi connectivity index (χ1n) is 6.04. The predicted octanol–water partition coefficient (Wildman–Crippen LogP) is 1.81. The SMILES string of the molecule is O=C(CNC(=O)c1ccc(Cl)cc1)N/N=C\c1ccco1. The summed E-state index contributed by atoms with van der Waals surface area (Å²) in [6.07, 6.45) is 2.86. The van der Waals surface area contributed by atoms with Crippen LogP contribution in [0.1, 0.15) is 16.1 Å². The molecule has 2 aromatic rings. The van der Waals surface area contributed by atoms with Gasteiger partial charge in [0.25, 0.3) is 11.8 Å². The second kappa shape index (κ2) is 7.25. The van der Waals surface area contributed by atoms with Crippen molar-refractivity contribution in [3.05, 3.63) is 59.0 Å². The van der Waals surface area contributed by atoms with Crippen LogP contribution in [0.3, 0.4) is 0 Å². The number of rotatable bonds is 5. The Morgan fingerprint density at radius 3 is 2.67 bits per heavy atom. The van der Waals surface area contributed by atoms with Gasteiger partial charge in [0.1, 0.15) is 5.76 Å². The molecule has 108 valence electrons. The minimum absolute atomic E-state index is 0.184. The van der Waals surface area contributed by atoms with Crippen molar-refractivity contribution in [2.75, 3.05) is 6.54 Å². The number of hydrogen-bond donors (Lipinski definition) is 2. The first-order chi connectivity index (χ1) is 10.1.